The van der Waals surface area contributed by atoms with Crippen LogP contribution < -0.4 is 5.32 Å². The van der Waals surface area contributed by atoms with Crippen LogP contribution in [0.5, 0.6) is 0 Å². The first-order valence-electron chi connectivity index (χ1n) is 5.40. The number of halogens is 3. The zero-order valence-electron chi connectivity index (χ0n) is 9.45. The second-order valence-corrected chi connectivity index (χ2v) is 7.15. The van der Waals surface area contributed by atoms with Gasteiger partial charge in [0.1, 0.15) is 0 Å². The molecule has 0 bridgehead atoms. The molecule has 2 aromatic carbocycles. The van der Waals surface area contributed by atoms with Crippen molar-refractivity contribution >= 4 is 75.8 Å². The number of hydrogen-bond acceptors (Lipinski definition) is 3. The maximum absolute atomic E-state index is 6.16. The maximum atomic E-state index is 6.16. The molecule has 0 radical (unpaired) electrons. The zero-order valence-corrected chi connectivity index (χ0v) is 14.2. The lowest BCUT2D eigenvalue weighted by Gasteiger charge is -2.05. The minimum atomic E-state index is 0.670. The van der Waals surface area contributed by atoms with E-state index in [4.69, 9.17) is 11.6 Å². The average Bonchev–Trinajstić information content (AvgIpc) is 2.75. The Morgan fingerprint density at radius 2 is 1.79 bits per heavy atom. The molecule has 2 nitrogen and oxygen atoms in total. The lowest BCUT2D eigenvalue weighted by Crippen LogP contribution is -1.90. The molecule has 0 aliphatic rings. The highest BCUT2D eigenvalue weighted by molar-refractivity contribution is 9.10. The summed E-state index contributed by atoms with van der Waals surface area (Å²) in [7, 11) is 0. The van der Waals surface area contributed by atoms with Crippen LogP contribution in [-0.2, 0) is 0 Å². The number of rotatable bonds is 2. The van der Waals surface area contributed by atoms with Gasteiger partial charge in [-0.05, 0) is 36.4 Å². The van der Waals surface area contributed by atoms with Gasteiger partial charge in [-0.25, -0.2) is 4.98 Å². The quantitative estimate of drug-likeness (QED) is 0.534. The first kappa shape index (κ1) is 13.4. The second kappa shape index (κ2) is 5.40. The van der Waals surface area contributed by atoms with Crippen molar-refractivity contribution < 1.29 is 0 Å². The molecule has 0 saturated carbocycles. The molecule has 3 aromatic rings. The summed E-state index contributed by atoms with van der Waals surface area (Å²) in [6.45, 7) is 0. The Hall–Kier alpha value is -0.620. The Labute approximate surface area is 136 Å². The molecule has 0 unspecified atom stereocenters. The number of aromatic nitrogens is 1. The van der Waals surface area contributed by atoms with Crippen LogP contribution in [0.3, 0.4) is 0 Å². The molecule has 0 amide bonds. The predicted octanol–water partition coefficient (Wildman–Crippen LogP) is 6.22. The lowest BCUT2D eigenvalue weighted by molar-refractivity contribution is 1.44. The van der Waals surface area contributed by atoms with Crippen LogP contribution in [0.4, 0.5) is 10.8 Å². The van der Waals surface area contributed by atoms with Crippen LogP contribution in [0.2, 0.25) is 5.02 Å². The van der Waals surface area contributed by atoms with E-state index in [1.807, 2.05) is 36.4 Å². The van der Waals surface area contributed by atoms with Gasteiger partial charge in [-0.1, -0.05) is 54.8 Å². The molecule has 0 atom stereocenters. The summed E-state index contributed by atoms with van der Waals surface area (Å²) in [4.78, 5) is 4.54. The van der Waals surface area contributed by atoms with Gasteiger partial charge >= 0.3 is 0 Å². The largest absolute Gasteiger partial charge is 0.330 e. The van der Waals surface area contributed by atoms with E-state index in [2.05, 4.69) is 42.2 Å². The molecule has 0 spiro atoms. The third kappa shape index (κ3) is 2.94. The fourth-order valence-electron chi connectivity index (χ4n) is 1.66. The van der Waals surface area contributed by atoms with Crippen LogP contribution >= 0.6 is 54.8 Å². The SMILES string of the molecule is Clc1ccc(Br)cc1Nc1nc2cc(Br)ccc2s1. The molecule has 0 aliphatic carbocycles. The van der Waals surface area contributed by atoms with E-state index in [9.17, 15) is 0 Å². The van der Waals surface area contributed by atoms with E-state index in [1.54, 1.807) is 11.3 Å². The number of nitrogens with one attached hydrogen (secondary N) is 1. The third-order valence-electron chi connectivity index (χ3n) is 2.52. The number of benzene rings is 2. The Morgan fingerprint density at radius 1 is 1.05 bits per heavy atom. The molecule has 6 heteroatoms. The number of nitrogens with zero attached hydrogens (tertiary/aromatic N) is 1. The van der Waals surface area contributed by atoms with Crippen molar-refractivity contribution in [2.45, 2.75) is 0 Å². The van der Waals surface area contributed by atoms with Crippen LogP contribution in [0.15, 0.2) is 45.3 Å². The molecule has 96 valence electrons. The topological polar surface area (TPSA) is 24.9 Å². The summed E-state index contributed by atoms with van der Waals surface area (Å²) in [5.74, 6) is 0. The summed E-state index contributed by atoms with van der Waals surface area (Å²) in [5.41, 5.74) is 1.81. The standard InChI is InChI=1S/C13H7Br2ClN2S/c14-7-1-3-9(16)10(5-7)17-13-18-11-6-8(15)2-4-12(11)19-13/h1-6H,(H,17,18). The van der Waals surface area contributed by atoms with Crippen molar-refractivity contribution in [1.82, 2.24) is 4.98 Å². The van der Waals surface area contributed by atoms with Crippen LogP contribution in [0, 0.1) is 0 Å². The van der Waals surface area contributed by atoms with Crippen LogP contribution in [0.25, 0.3) is 10.2 Å². The van der Waals surface area contributed by atoms with Crippen LogP contribution in [-0.4, -0.2) is 4.98 Å². The molecule has 0 fully saturated rings. The zero-order chi connectivity index (χ0) is 13.4. The van der Waals surface area contributed by atoms with Gasteiger partial charge in [-0.3, -0.25) is 0 Å². The normalized spacial score (nSPS) is 10.9. The Balaban J connectivity index is 1.98. The Kier molecular flexibility index (Phi) is 3.80. The first-order valence-corrected chi connectivity index (χ1v) is 8.18. The minimum Gasteiger partial charge on any atom is -0.330 e. The number of fused-ring (bicyclic) bond motifs is 1. The maximum Gasteiger partial charge on any atom is 0.188 e. The van der Waals surface area contributed by atoms with Gasteiger partial charge in [0.05, 0.1) is 20.9 Å². The van der Waals surface area contributed by atoms with E-state index in [-0.39, 0.29) is 0 Å². The van der Waals surface area contributed by atoms with Crippen molar-refractivity contribution in [2.24, 2.45) is 0 Å². The highest BCUT2D eigenvalue weighted by Gasteiger charge is 2.07. The molecule has 19 heavy (non-hydrogen) atoms. The van der Waals surface area contributed by atoms with E-state index in [1.165, 1.54) is 0 Å². The number of thiazole rings is 1. The predicted molar refractivity (Wildman–Crippen MR) is 89.8 cm³/mol. The molecular formula is C13H7Br2ClN2S. The average molecular weight is 419 g/mol. The highest BCUT2D eigenvalue weighted by Crippen LogP contribution is 2.33. The van der Waals surface area contributed by atoms with Crippen molar-refractivity contribution in [3.63, 3.8) is 0 Å². The molecule has 0 aliphatic heterocycles. The van der Waals surface area contributed by atoms with Gasteiger partial charge in [0.15, 0.2) is 5.13 Å². The Morgan fingerprint density at radius 3 is 2.63 bits per heavy atom. The first-order chi connectivity index (χ1) is 9.11. The summed E-state index contributed by atoms with van der Waals surface area (Å²) in [6, 6.07) is 11.7. The smallest absolute Gasteiger partial charge is 0.188 e. The highest BCUT2D eigenvalue weighted by atomic mass is 79.9. The molecule has 1 aromatic heterocycles. The summed E-state index contributed by atoms with van der Waals surface area (Å²) in [5, 5.41) is 4.75. The van der Waals surface area contributed by atoms with E-state index in [0.29, 0.717) is 5.02 Å². The molecule has 1 N–H and O–H groups in total. The summed E-state index contributed by atoms with van der Waals surface area (Å²) >= 11 is 14.6. The van der Waals surface area contributed by atoms with Crippen molar-refractivity contribution in [1.29, 1.82) is 0 Å². The summed E-state index contributed by atoms with van der Waals surface area (Å²) < 4.78 is 3.14. The van der Waals surface area contributed by atoms with Crippen molar-refractivity contribution in [3.8, 4) is 0 Å². The molecular weight excluding hydrogens is 411 g/mol. The fourth-order valence-corrected chi connectivity index (χ4v) is 3.40. The fraction of sp³-hybridized carbons (Fsp3) is 0. The number of hydrogen-bond donors (Lipinski definition) is 1. The van der Waals surface area contributed by atoms with Gasteiger partial charge in [-0.15, -0.1) is 0 Å². The molecule has 1 heterocycles. The number of anilines is 2. The van der Waals surface area contributed by atoms with Crippen molar-refractivity contribution in [3.05, 3.63) is 50.4 Å². The van der Waals surface area contributed by atoms with Gasteiger partial charge in [0.25, 0.3) is 0 Å². The lowest BCUT2D eigenvalue weighted by atomic mass is 10.3. The summed E-state index contributed by atoms with van der Waals surface area (Å²) in [6.07, 6.45) is 0. The van der Waals surface area contributed by atoms with Crippen molar-refractivity contribution in [2.75, 3.05) is 5.32 Å². The third-order valence-corrected chi connectivity index (χ3v) is 4.79. The second-order valence-electron chi connectivity index (χ2n) is 3.88. The molecule has 3 rings (SSSR count). The van der Waals surface area contributed by atoms with Gasteiger partial charge < -0.3 is 5.32 Å². The van der Waals surface area contributed by atoms with Gasteiger partial charge in [0, 0.05) is 8.95 Å². The van der Waals surface area contributed by atoms with Gasteiger partial charge in [0.2, 0.25) is 0 Å². The minimum absolute atomic E-state index is 0.670. The van der Waals surface area contributed by atoms with E-state index in [0.717, 1.165) is 30.0 Å². The van der Waals surface area contributed by atoms with Crippen LogP contribution in [0.1, 0.15) is 0 Å². The van der Waals surface area contributed by atoms with E-state index < -0.39 is 0 Å². The monoisotopic (exact) mass is 416 g/mol. The Bertz CT molecular complexity index is 757. The molecule has 0 saturated heterocycles. The van der Waals surface area contributed by atoms with E-state index >= 15 is 0 Å². The van der Waals surface area contributed by atoms with Gasteiger partial charge in [-0.2, -0.15) is 0 Å².